The molecule has 2 atom stereocenters. The number of hydrogen-bond acceptors (Lipinski definition) is 4. The standard InChI is InChI=1S/C22H40N2O3S/c1-5-19(4)17-20(11-10-16-27-21-12-6-7-13-21)24-22(25)14-8-9-15-23-28(26)18(2)3/h10-11,18,20-21,23H,4-9,12-17H2,1-3H3,(H,24,25)/b11-10-/t20?,28-/m0/s1. The summed E-state index contributed by atoms with van der Waals surface area (Å²) in [6.45, 7) is 11.3. The quantitative estimate of drug-likeness (QED) is 0.240. The molecule has 0 aromatic rings. The van der Waals surface area contributed by atoms with Gasteiger partial charge in [0.2, 0.25) is 5.91 Å². The zero-order valence-corrected chi connectivity index (χ0v) is 18.8. The fourth-order valence-electron chi connectivity index (χ4n) is 3.12. The van der Waals surface area contributed by atoms with E-state index in [1.807, 2.05) is 26.0 Å². The van der Waals surface area contributed by atoms with Crippen LogP contribution in [0, 0.1) is 0 Å². The minimum atomic E-state index is -0.990. The summed E-state index contributed by atoms with van der Waals surface area (Å²) >= 11 is -0.990. The lowest BCUT2D eigenvalue weighted by Gasteiger charge is -2.17. The first-order valence-electron chi connectivity index (χ1n) is 10.8. The van der Waals surface area contributed by atoms with Crippen LogP contribution in [0.25, 0.3) is 0 Å². The Kier molecular flexibility index (Phi) is 13.6. The third kappa shape index (κ3) is 11.9. The van der Waals surface area contributed by atoms with Gasteiger partial charge >= 0.3 is 0 Å². The smallest absolute Gasteiger partial charge is 0.220 e. The summed E-state index contributed by atoms with van der Waals surface area (Å²) < 4.78 is 20.5. The number of rotatable bonds is 15. The summed E-state index contributed by atoms with van der Waals surface area (Å²) in [6.07, 6.45) is 13.1. The molecule has 1 aliphatic rings. The summed E-state index contributed by atoms with van der Waals surface area (Å²) in [5.41, 5.74) is 1.13. The van der Waals surface area contributed by atoms with Crippen LogP contribution in [0.1, 0.15) is 78.6 Å². The molecule has 5 nitrogen and oxygen atoms in total. The lowest BCUT2D eigenvalue weighted by molar-refractivity contribution is -0.121. The van der Waals surface area contributed by atoms with Gasteiger partial charge in [-0.3, -0.25) is 4.79 Å². The number of carbonyl (C=O) groups excluding carboxylic acids is 1. The summed E-state index contributed by atoms with van der Waals surface area (Å²) in [5, 5.41) is 3.22. The van der Waals surface area contributed by atoms with Gasteiger partial charge in [-0.1, -0.05) is 44.1 Å². The van der Waals surface area contributed by atoms with Crippen LogP contribution in [-0.4, -0.2) is 41.0 Å². The van der Waals surface area contributed by atoms with Crippen molar-refractivity contribution < 1.29 is 14.1 Å². The van der Waals surface area contributed by atoms with Crippen molar-refractivity contribution in [2.75, 3.05) is 13.2 Å². The Bertz CT molecular complexity index is 476. The van der Waals surface area contributed by atoms with Crippen LogP contribution in [-0.2, 0) is 20.9 Å². The van der Waals surface area contributed by atoms with Crippen LogP contribution in [0.2, 0.25) is 0 Å². The first-order valence-corrected chi connectivity index (χ1v) is 12.0. The summed E-state index contributed by atoms with van der Waals surface area (Å²) in [4.78, 5) is 12.3. The van der Waals surface area contributed by atoms with Gasteiger partial charge in [0.05, 0.1) is 18.8 Å². The first-order chi connectivity index (χ1) is 13.4. The largest absolute Gasteiger partial charge is 0.598 e. The highest BCUT2D eigenvalue weighted by Gasteiger charge is 2.15. The normalized spacial score (nSPS) is 17.3. The van der Waals surface area contributed by atoms with Crippen molar-refractivity contribution in [3.8, 4) is 0 Å². The van der Waals surface area contributed by atoms with Crippen molar-refractivity contribution in [1.82, 2.24) is 10.0 Å². The molecule has 2 N–H and O–H groups in total. The van der Waals surface area contributed by atoms with Gasteiger partial charge in [0, 0.05) is 24.3 Å². The molecular weight excluding hydrogens is 372 g/mol. The third-order valence-electron chi connectivity index (χ3n) is 4.96. The van der Waals surface area contributed by atoms with E-state index >= 15 is 0 Å². The molecule has 0 bridgehead atoms. The van der Waals surface area contributed by atoms with E-state index in [1.54, 1.807) is 0 Å². The lowest BCUT2D eigenvalue weighted by Crippen LogP contribution is -2.34. The maximum absolute atomic E-state index is 12.3. The second-order valence-corrected chi connectivity index (χ2v) is 9.67. The van der Waals surface area contributed by atoms with Crippen LogP contribution in [0.3, 0.4) is 0 Å². The zero-order valence-electron chi connectivity index (χ0n) is 18.0. The van der Waals surface area contributed by atoms with Crippen molar-refractivity contribution >= 4 is 17.3 Å². The summed E-state index contributed by atoms with van der Waals surface area (Å²) in [5.74, 6) is 0.0558. The van der Waals surface area contributed by atoms with Crippen molar-refractivity contribution in [2.45, 2.75) is 96.0 Å². The maximum atomic E-state index is 12.3. The van der Waals surface area contributed by atoms with E-state index in [2.05, 4.69) is 23.5 Å². The highest BCUT2D eigenvalue weighted by molar-refractivity contribution is 7.90. The maximum Gasteiger partial charge on any atom is 0.220 e. The van der Waals surface area contributed by atoms with E-state index in [0.717, 1.165) is 31.3 Å². The Morgan fingerprint density at radius 1 is 1.32 bits per heavy atom. The van der Waals surface area contributed by atoms with Gasteiger partial charge in [-0.2, -0.15) is 0 Å². The second-order valence-electron chi connectivity index (χ2n) is 7.85. The third-order valence-corrected chi connectivity index (χ3v) is 6.30. The second kappa shape index (κ2) is 15.1. The van der Waals surface area contributed by atoms with E-state index < -0.39 is 11.4 Å². The van der Waals surface area contributed by atoms with Crippen LogP contribution >= 0.6 is 0 Å². The lowest BCUT2D eigenvalue weighted by atomic mass is 10.0. The molecule has 1 amide bonds. The number of unbranched alkanes of at least 4 members (excludes halogenated alkanes) is 1. The van der Waals surface area contributed by atoms with Crippen molar-refractivity contribution in [3.05, 3.63) is 24.3 Å². The topological polar surface area (TPSA) is 73.4 Å². The Morgan fingerprint density at radius 3 is 2.68 bits per heavy atom. The fourth-order valence-corrected chi connectivity index (χ4v) is 3.80. The van der Waals surface area contributed by atoms with Gasteiger partial charge in [0.1, 0.15) is 5.25 Å². The number of carbonyl (C=O) groups is 1. The number of hydrogen-bond donors (Lipinski definition) is 2. The average Bonchev–Trinajstić information content (AvgIpc) is 3.17. The predicted molar refractivity (Wildman–Crippen MR) is 118 cm³/mol. The molecule has 0 spiro atoms. The van der Waals surface area contributed by atoms with Gasteiger partial charge in [-0.25, -0.2) is 0 Å². The molecule has 162 valence electrons. The molecule has 1 fully saturated rings. The molecule has 0 aromatic carbocycles. The number of nitrogens with one attached hydrogen (secondary N) is 2. The molecule has 28 heavy (non-hydrogen) atoms. The van der Waals surface area contributed by atoms with Crippen LogP contribution < -0.4 is 10.0 Å². The Hall–Kier alpha value is -0.820. The Labute approximate surface area is 175 Å². The average molecular weight is 413 g/mol. The van der Waals surface area contributed by atoms with Crippen LogP contribution in [0.15, 0.2) is 24.3 Å². The molecule has 0 saturated heterocycles. The molecule has 1 aliphatic carbocycles. The van der Waals surface area contributed by atoms with Gasteiger partial charge < -0.3 is 14.6 Å². The molecule has 0 aliphatic heterocycles. The highest BCUT2D eigenvalue weighted by atomic mass is 32.2. The Balaban J connectivity index is 2.29. The molecule has 1 rings (SSSR count). The zero-order chi connectivity index (χ0) is 20.8. The van der Waals surface area contributed by atoms with Crippen molar-refractivity contribution in [2.24, 2.45) is 0 Å². The van der Waals surface area contributed by atoms with Gasteiger partial charge in [0.15, 0.2) is 0 Å². The number of amides is 1. The number of ether oxygens (including phenoxy) is 1. The summed E-state index contributed by atoms with van der Waals surface area (Å²) in [7, 11) is 0. The van der Waals surface area contributed by atoms with Gasteiger partial charge in [-0.15, -0.1) is 4.72 Å². The molecule has 6 heteroatoms. The Morgan fingerprint density at radius 2 is 2.04 bits per heavy atom. The molecule has 1 saturated carbocycles. The first kappa shape index (κ1) is 25.2. The molecule has 0 heterocycles. The van der Waals surface area contributed by atoms with Crippen molar-refractivity contribution in [3.63, 3.8) is 0 Å². The molecule has 1 unspecified atom stereocenters. The van der Waals surface area contributed by atoms with Crippen molar-refractivity contribution in [1.29, 1.82) is 0 Å². The minimum Gasteiger partial charge on any atom is -0.598 e. The predicted octanol–water partition coefficient (Wildman–Crippen LogP) is 4.17. The van der Waals surface area contributed by atoms with E-state index in [1.165, 1.54) is 25.7 Å². The van der Waals surface area contributed by atoms with E-state index in [9.17, 15) is 9.35 Å². The van der Waals surface area contributed by atoms with E-state index in [4.69, 9.17) is 4.74 Å². The SMILES string of the molecule is C=C(CC)CC(/C=C\COC1CCCC1)NC(=O)CCCCN[S@@+]([O-])C(C)C. The minimum absolute atomic E-state index is 0.0290. The molecular formula is C22H40N2O3S. The molecule has 0 radical (unpaired) electrons. The fraction of sp³-hybridized carbons (Fsp3) is 0.773. The van der Waals surface area contributed by atoms with Gasteiger partial charge in [-0.05, 0) is 52.4 Å². The van der Waals surface area contributed by atoms with Crippen LogP contribution in [0.4, 0.5) is 0 Å². The van der Waals surface area contributed by atoms with Crippen LogP contribution in [0.5, 0.6) is 0 Å². The summed E-state index contributed by atoms with van der Waals surface area (Å²) in [6, 6.07) is -0.0290. The highest BCUT2D eigenvalue weighted by Crippen LogP contribution is 2.20. The van der Waals surface area contributed by atoms with Gasteiger partial charge in [0.25, 0.3) is 0 Å². The van der Waals surface area contributed by atoms with E-state index in [0.29, 0.717) is 25.7 Å². The van der Waals surface area contributed by atoms with E-state index in [-0.39, 0.29) is 17.2 Å². The monoisotopic (exact) mass is 412 g/mol. The molecule has 0 aromatic heterocycles.